The number of ether oxygens (including phenoxy) is 1. The lowest BCUT2D eigenvalue weighted by Crippen LogP contribution is -2.47. The van der Waals surface area contributed by atoms with E-state index in [4.69, 9.17) is 4.74 Å². The summed E-state index contributed by atoms with van der Waals surface area (Å²) >= 11 is 0. The summed E-state index contributed by atoms with van der Waals surface area (Å²) in [5.41, 5.74) is 1.59. The summed E-state index contributed by atoms with van der Waals surface area (Å²) in [6.45, 7) is 5.12. The largest absolute Gasteiger partial charge is 0.496 e. The van der Waals surface area contributed by atoms with Crippen LogP contribution < -0.4 is 9.64 Å². The maximum Gasteiger partial charge on any atom is 0.254 e. The van der Waals surface area contributed by atoms with Crippen molar-refractivity contribution in [1.82, 2.24) is 14.9 Å². The number of hydrogen-bond acceptors (Lipinski definition) is 6. The molecule has 2 aromatic rings. The molecule has 1 amide bonds. The fourth-order valence-electron chi connectivity index (χ4n) is 4.89. The zero-order valence-electron chi connectivity index (χ0n) is 17.0. The molecular formula is C22H28N4O3. The van der Waals surface area contributed by atoms with Crippen molar-refractivity contribution in [3.05, 3.63) is 47.9 Å². The van der Waals surface area contributed by atoms with Gasteiger partial charge in [-0.05, 0) is 43.4 Å². The molecule has 1 atom stereocenters. The van der Waals surface area contributed by atoms with E-state index in [-0.39, 0.29) is 23.8 Å². The molecule has 1 aromatic heterocycles. The quantitative estimate of drug-likeness (QED) is 0.853. The Morgan fingerprint density at radius 3 is 2.76 bits per heavy atom. The predicted octanol–water partition coefficient (Wildman–Crippen LogP) is 2.14. The number of carbonyl (C=O) groups excluding carboxylic acids is 1. The second-order valence-corrected chi connectivity index (χ2v) is 8.12. The number of benzene rings is 1. The molecule has 0 bridgehead atoms. The van der Waals surface area contributed by atoms with E-state index in [1.165, 1.54) is 0 Å². The molecule has 1 spiro atoms. The lowest BCUT2D eigenvalue weighted by atomic mass is 9.71. The van der Waals surface area contributed by atoms with Crippen molar-refractivity contribution in [2.45, 2.75) is 19.8 Å². The van der Waals surface area contributed by atoms with Gasteiger partial charge in [0.05, 0.1) is 7.11 Å². The Morgan fingerprint density at radius 1 is 1.31 bits per heavy atom. The van der Waals surface area contributed by atoms with E-state index < -0.39 is 0 Å². The maximum absolute atomic E-state index is 13.1. The van der Waals surface area contributed by atoms with Gasteiger partial charge in [-0.3, -0.25) is 4.79 Å². The first kappa shape index (κ1) is 19.6. The predicted molar refractivity (Wildman–Crippen MR) is 110 cm³/mol. The second kappa shape index (κ2) is 7.99. The highest BCUT2D eigenvalue weighted by Gasteiger charge is 2.48. The van der Waals surface area contributed by atoms with Gasteiger partial charge in [-0.15, -0.1) is 0 Å². The minimum Gasteiger partial charge on any atom is -0.496 e. The van der Waals surface area contributed by atoms with Crippen LogP contribution in [0.4, 0.5) is 5.82 Å². The Balaban J connectivity index is 1.48. The average Bonchev–Trinajstić information content (AvgIpc) is 3.12. The molecule has 154 valence electrons. The Morgan fingerprint density at radius 2 is 2.10 bits per heavy atom. The Labute approximate surface area is 171 Å². The molecular weight excluding hydrogens is 368 g/mol. The number of hydrogen-bond donors (Lipinski definition) is 1. The van der Waals surface area contributed by atoms with Crippen LogP contribution in [-0.4, -0.2) is 65.8 Å². The molecule has 2 fully saturated rings. The van der Waals surface area contributed by atoms with Crippen molar-refractivity contribution in [3.8, 4) is 5.75 Å². The zero-order valence-corrected chi connectivity index (χ0v) is 17.0. The monoisotopic (exact) mass is 396 g/mol. The van der Waals surface area contributed by atoms with E-state index in [9.17, 15) is 9.90 Å². The average molecular weight is 396 g/mol. The van der Waals surface area contributed by atoms with Crippen molar-refractivity contribution < 1.29 is 14.6 Å². The number of nitrogens with zero attached hydrogens (tertiary/aromatic N) is 4. The Kier molecular flexibility index (Phi) is 5.41. The molecule has 2 aliphatic rings. The summed E-state index contributed by atoms with van der Waals surface area (Å²) in [6.07, 6.45) is 5.08. The third-order valence-corrected chi connectivity index (χ3v) is 6.70. The fourth-order valence-corrected chi connectivity index (χ4v) is 4.89. The van der Waals surface area contributed by atoms with Crippen LogP contribution in [0.5, 0.6) is 5.75 Å². The van der Waals surface area contributed by atoms with Crippen LogP contribution in [-0.2, 0) is 0 Å². The summed E-state index contributed by atoms with van der Waals surface area (Å²) in [5.74, 6) is 1.89. The molecule has 29 heavy (non-hydrogen) atoms. The number of rotatable bonds is 4. The van der Waals surface area contributed by atoms with E-state index in [2.05, 4.69) is 14.9 Å². The molecule has 7 heteroatoms. The summed E-state index contributed by atoms with van der Waals surface area (Å²) in [6, 6.07) is 7.53. The Hall–Kier alpha value is -2.67. The van der Waals surface area contributed by atoms with Crippen LogP contribution in [0, 0.1) is 18.3 Å². The molecule has 4 rings (SSSR count). The molecule has 7 nitrogen and oxygen atoms in total. The minimum atomic E-state index is 0.0138. The number of methoxy groups -OCH3 is 1. The van der Waals surface area contributed by atoms with Crippen molar-refractivity contribution >= 4 is 11.7 Å². The van der Waals surface area contributed by atoms with Gasteiger partial charge in [0, 0.05) is 56.0 Å². The van der Waals surface area contributed by atoms with Crippen LogP contribution in [0.3, 0.4) is 0 Å². The lowest BCUT2D eigenvalue weighted by Gasteiger charge is -2.42. The van der Waals surface area contributed by atoms with Gasteiger partial charge in [-0.2, -0.15) is 0 Å². The smallest absolute Gasteiger partial charge is 0.254 e. The number of aliphatic hydroxyl groups excluding tert-OH is 1. The van der Waals surface area contributed by atoms with Crippen LogP contribution in [0.2, 0.25) is 0 Å². The van der Waals surface area contributed by atoms with Gasteiger partial charge in [0.25, 0.3) is 5.91 Å². The number of likely N-dealkylation sites (tertiary alicyclic amines) is 1. The highest BCUT2D eigenvalue weighted by atomic mass is 16.5. The van der Waals surface area contributed by atoms with Gasteiger partial charge in [0.2, 0.25) is 0 Å². The summed E-state index contributed by atoms with van der Waals surface area (Å²) in [7, 11) is 1.62. The summed E-state index contributed by atoms with van der Waals surface area (Å²) in [4.78, 5) is 25.7. The minimum absolute atomic E-state index is 0.0138. The number of anilines is 1. The second-order valence-electron chi connectivity index (χ2n) is 8.12. The number of aromatic nitrogens is 2. The van der Waals surface area contributed by atoms with Gasteiger partial charge in [0.1, 0.15) is 17.9 Å². The van der Waals surface area contributed by atoms with Gasteiger partial charge in [0.15, 0.2) is 0 Å². The van der Waals surface area contributed by atoms with E-state index >= 15 is 0 Å². The van der Waals surface area contributed by atoms with Gasteiger partial charge in [-0.25, -0.2) is 9.97 Å². The molecule has 0 radical (unpaired) electrons. The molecule has 1 unspecified atom stereocenters. The van der Waals surface area contributed by atoms with Crippen molar-refractivity contribution in [2.75, 3.05) is 44.8 Å². The number of carbonyl (C=O) groups is 1. The van der Waals surface area contributed by atoms with E-state index in [1.54, 1.807) is 19.6 Å². The van der Waals surface area contributed by atoms with Crippen molar-refractivity contribution in [1.29, 1.82) is 0 Å². The molecule has 2 saturated heterocycles. The molecule has 0 saturated carbocycles. The first-order valence-electron chi connectivity index (χ1n) is 10.1. The van der Waals surface area contributed by atoms with Crippen LogP contribution in [0.15, 0.2) is 36.8 Å². The zero-order chi connectivity index (χ0) is 20.4. The van der Waals surface area contributed by atoms with E-state index in [0.717, 1.165) is 43.1 Å². The molecule has 3 heterocycles. The standard InChI is InChI=1S/C22H28N4O3/c1-16-18(4-3-5-19(16)29-2)21(28)25-10-7-22(8-11-25)14-26(12-17(22)13-27)20-6-9-23-15-24-20/h3-6,9,15,17,27H,7-8,10-14H2,1-2H3. The normalized spacial score (nSPS) is 20.9. The van der Waals surface area contributed by atoms with Gasteiger partial charge >= 0.3 is 0 Å². The van der Waals surface area contributed by atoms with Gasteiger partial charge in [-0.1, -0.05) is 6.07 Å². The van der Waals surface area contributed by atoms with E-state index in [0.29, 0.717) is 18.7 Å². The first-order valence-corrected chi connectivity index (χ1v) is 10.1. The maximum atomic E-state index is 13.1. The highest BCUT2D eigenvalue weighted by molar-refractivity contribution is 5.96. The van der Waals surface area contributed by atoms with Crippen LogP contribution in [0.1, 0.15) is 28.8 Å². The molecule has 2 aliphatic heterocycles. The van der Waals surface area contributed by atoms with Crippen molar-refractivity contribution in [3.63, 3.8) is 0 Å². The molecule has 1 N–H and O–H groups in total. The number of amides is 1. The lowest BCUT2D eigenvalue weighted by molar-refractivity contribution is 0.0415. The molecule has 1 aromatic carbocycles. The highest BCUT2D eigenvalue weighted by Crippen LogP contribution is 2.45. The SMILES string of the molecule is COc1cccc(C(=O)N2CCC3(CC2)CN(c2ccncn2)CC3CO)c1C. The van der Waals surface area contributed by atoms with E-state index in [1.807, 2.05) is 36.1 Å². The van der Waals surface area contributed by atoms with Crippen LogP contribution >= 0.6 is 0 Å². The summed E-state index contributed by atoms with van der Waals surface area (Å²) < 4.78 is 5.37. The summed E-state index contributed by atoms with van der Waals surface area (Å²) in [5, 5.41) is 10.0. The number of piperidine rings is 1. The third kappa shape index (κ3) is 3.55. The van der Waals surface area contributed by atoms with Gasteiger partial charge < -0.3 is 19.6 Å². The topological polar surface area (TPSA) is 78.8 Å². The Bertz CT molecular complexity index is 866. The third-order valence-electron chi connectivity index (χ3n) is 6.70. The fraction of sp³-hybridized carbons (Fsp3) is 0.500. The van der Waals surface area contributed by atoms with Crippen LogP contribution in [0.25, 0.3) is 0 Å². The first-order chi connectivity index (χ1) is 14.1. The van der Waals surface area contributed by atoms with Crippen molar-refractivity contribution in [2.24, 2.45) is 11.3 Å². The number of aliphatic hydroxyl groups is 1. The molecule has 0 aliphatic carbocycles.